The molecule has 1 heterocycles. The summed E-state index contributed by atoms with van der Waals surface area (Å²) in [5.74, 6) is 0.117. The van der Waals surface area contributed by atoms with E-state index in [1.165, 1.54) is 4.80 Å². The number of aliphatic hydroxyl groups is 1. The molecule has 2 aromatic rings. The van der Waals surface area contributed by atoms with Gasteiger partial charge < -0.3 is 10.4 Å². The lowest BCUT2D eigenvalue weighted by molar-refractivity contribution is 0.199. The Labute approximate surface area is 109 Å². The quantitative estimate of drug-likeness (QED) is 0.762. The van der Waals surface area contributed by atoms with Crippen LogP contribution in [0.15, 0.2) is 24.3 Å². The van der Waals surface area contributed by atoms with Crippen molar-refractivity contribution in [1.82, 2.24) is 20.2 Å². The molecule has 0 aliphatic carbocycles. The number of aromatic nitrogens is 4. The summed E-state index contributed by atoms with van der Waals surface area (Å²) in [6.07, 6.45) is -0.591. The van der Waals surface area contributed by atoms with Gasteiger partial charge in [0, 0.05) is 5.69 Å². The average Bonchev–Trinajstić information content (AvgIpc) is 2.74. The number of nitrogens with one attached hydrogen (secondary N) is 2. The molecule has 0 bridgehead atoms. The van der Waals surface area contributed by atoms with Gasteiger partial charge in [-0.05, 0) is 29.8 Å². The SMILES string of the molecule is CC(O)c1cccc(NC(=O)Nc2nnn(C)n2)c1. The molecule has 19 heavy (non-hydrogen) atoms. The summed E-state index contributed by atoms with van der Waals surface area (Å²) in [6.45, 7) is 1.66. The van der Waals surface area contributed by atoms with Gasteiger partial charge in [0.1, 0.15) is 0 Å². The maximum Gasteiger partial charge on any atom is 0.326 e. The van der Waals surface area contributed by atoms with Crippen molar-refractivity contribution in [2.45, 2.75) is 13.0 Å². The van der Waals surface area contributed by atoms with Crippen LogP contribution in [0.25, 0.3) is 0 Å². The first kappa shape index (κ1) is 13.0. The first-order chi connectivity index (χ1) is 9.04. The molecule has 1 atom stereocenters. The molecule has 0 aliphatic heterocycles. The number of aliphatic hydroxyl groups excluding tert-OH is 1. The Balaban J connectivity index is 2.00. The molecule has 0 saturated heterocycles. The molecule has 1 unspecified atom stereocenters. The fraction of sp³-hybridized carbons (Fsp3) is 0.273. The molecule has 1 aromatic carbocycles. The van der Waals surface area contributed by atoms with Gasteiger partial charge in [-0.1, -0.05) is 17.2 Å². The molecule has 0 fully saturated rings. The first-order valence-electron chi connectivity index (χ1n) is 5.64. The van der Waals surface area contributed by atoms with E-state index in [1.807, 2.05) is 0 Å². The van der Waals surface area contributed by atoms with E-state index in [9.17, 15) is 9.90 Å². The molecule has 0 radical (unpaired) electrons. The van der Waals surface area contributed by atoms with Gasteiger partial charge in [-0.2, -0.15) is 4.80 Å². The number of carbonyl (C=O) groups is 1. The lowest BCUT2D eigenvalue weighted by Gasteiger charge is -2.08. The fourth-order valence-corrected chi connectivity index (χ4v) is 1.47. The summed E-state index contributed by atoms with van der Waals surface area (Å²) >= 11 is 0. The fourth-order valence-electron chi connectivity index (χ4n) is 1.47. The van der Waals surface area contributed by atoms with Gasteiger partial charge in [0.2, 0.25) is 0 Å². The third-order valence-electron chi connectivity index (χ3n) is 2.36. The molecule has 100 valence electrons. The molecule has 1 aromatic heterocycles. The number of nitrogens with zero attached hydrogens (tertiary/aromatic N) is 4. The van der Waals surface area contributed by atoms with Gasteiger partial charge in [-0.3, -0.25) is 5.32 Å². The van der Waals surface area contributed by atoms with Crippen LogP contribution >= 0.6 is 0 Å². The Hall–Kier alpha value is -2.48. The van der Waals surface area contributed by atoms with E-state index in [-0.39, 0.29) is 5.95 Å². The van der Waals surface area contributed by atoms with Crippen molar-refractivity contribution >= 4 is 17.7 Å². The highest BCUT2D eigenvalue weighted by Gasteiger charge is 2.07. The van der Waals surface area contributed by atoms with Crippen LogP contribution in [0.5, 0.6) is 0 Å². The number of hydrogen-bond donors (Lipinski definition) is 3. The molecule has 0 spiro atoms. The van der Waals surface area contributed by atoms with Crippen LogP contribution in [0.3, 0.4) is 0 Å². The van der Waals surface area contributed by atoms with Gasteiger partial charge in [-0.25, -0.2) is 4.79 Å². The second-order valence-corrected chi connectivity index (χ2v) is 3.98. The first-order valence-corrected chi connectivity index (χ1v) is 5.64. The average molecular weight is 262 g/mol. The zero-order valence-corrected chi connectivity index (χ0v) is 10.5. The van der Waals surface area contributed by atoms with Crippen LogP contribution in [0.1, 0.15) is 18.6 Å². The van der Waals surface area contributed by atoms with Crippen LogP contribution in [-0.4, -0.2) is 31.3 Å². The zero-order valence-electron chi connectivity index (χ0n) is 10.5. The molecule has 2 rings (SSSR count). The normalized spacial score (nSPS) is 11.9. The number of urea groups is 1. The lowest BCUT2D eigenvalue weighted by Crippen LogP contribution is -2.20. The third-order valence-corrected chi connectivity index (χ3v) is 2.36. The minimum Gasteiger partial charge on any atom is -0.389 e. The Kier molecular flexibility index (Phi) is 3.71. The number of carbonyl (C=O) groups excluding carboxylic acids is 1. The van der Waals surface area contributed by atoms with E-state index in [0.29, 0.717) is 5.69 Å². The van der Waals surface area contributed by atoms with Gasteiger partial charge in [0.05, 0.1) is 13.2 Å². The van der Waals surface area contributed by atoms with Crippen molar-refractivity contribution in [3.8, 4) is 0 Å². The Morgan fingerprint density at radius 1 is 1.42 bits per heavy atom. The van der Waals surface area contributed by atoms with E-state index in [2.05, 4.69) is 26.0 Å². The number of tetrazole rings is 1. The molecule has 8 nitrogen and oxygen atoms in total. The second-order valence-electron chi connectivity index (χ2n) is 3.98. The highest BCUT2D eigenvalue weighted by Crippen LogP contribution is 2.16. The monoisotopic (exact) mass is 262 g/mol. The highest BCUT2D eigenvalue weighted by atomic mass is 16.3. The standard InChI is InChI=1S/C11H14N6O2/c1-7(18)8-4-3-5-9(6-8)12-11(19)13-10-14-16-17(2)15-10/h3-7,18H,1-2H3,(H2,12,13,15,19). The van der Waals surface area contributed by atoms with Crippen molar-refractivity contribution in [3.05, 3.63) is 29.8 Å². The molecular weight excluding hydrogens is 248 g/mol. The maximum absolute atomic E-state index is 11.7. The predicted octanol–water partition coefficient (Wildman–Crippen LogP) is 0.907. The Morgan fingerprint density at radius 3 is 2.84 bits per heavy atom. The molecule has 0 saturated carbocycles. The predicted molar refractivity (Wildman–Crippen MR) is 68.5 cm³/mol. The van der Waals surface area contributed by atoms with Crippen LogP contribution < -0.4 is 10.6 Å². The summed E-state index contributed by atoms with van der Waals surface area (Å²) in [6, 6.07) is 6.45. The van der Waals surface area contributed by atoms with Crippen molar-refractivity contribution in [2.75, 3.05) is 10.6 Å². The number of hydrogen-bond acceptors (Lipinski definition) is 5. The number of aryl methyl sites for hydroxylation is 1. The Morgan fingerprint density at radius 2 is 2.21 bits per heavy atom. The lowest BCUT2D eigenvalue weighted by atomic mass is 10.1. The molecule has 3 N–H and O–H groups in total. The van der Waals surface area contributed by atoms with Gasteiger partial charge in [0.25, 0.3) is 5.95 Å². The second kappa shape index (κ2) is 5.44. The summed E-state index contributed by atoms with van der Waals surface area (Å²) in [7, 11) is 1.60. The van der Waals surface area contributed by atoms with Crippen molar-refractivity contribution in [3.63, 3.8) is 0 Å². The minimum absolute atomic E-state index is 0.117. The number of rotatable bonds is 3. The van der Waals surface area contributed by atoms with Crippen LogP contribution in [0.2, 0.25) is 0 Å². The third kappa shape index (κ3) is 3.49. The molecule has 8 heteroatoms. The maximum atomic E-state index is 11.7. The van der Waals surface area contributed by atoms with Crippen LogP contribution in [0.4, 0.5) is 16.4 Å². The number of benzene rings is 1. The Bertz CT molecular complexity index is 580. The highest BCUT2D eigenvalue weighted by molar-refractivity contribution is 5.98. The summed E-state index contributed by atoms with van der Waals surface area (Å²) < 4.78 is 0. The number of amides is 2. The topological polar surface area (TPSA) is 105 Å². The van der Waals surface area contributed by atoms with Gasteiger partial charge >= 0.3 is 6.03 Å². The molecular formula is C11H14N6O2. The largest absolute Gasteiger partial charge is 0.389 e. The van der Waals surface area contributed by atoms with E-state index >= 15 is 0 Å². The smallest absolute Gasteiger partial charge is 0.326 e. The van der Waals surface area contributed by atoms with Gasteiger partial charge in [0.15, 0.2) is 0 Å². The van der Waals surface area contributed by atoms with E-state index in [0.717, 1.165) is 5.56 Å². The van der Waals surface area contributed by atoms with E-state index in [4.69, 9.17) is 0 Å². The minimum atomic E-state index is -0.591. The summed E-state index contributed by atoms with van der Waals surface area (Å²) in [5.41, 5.74) is 1.29. The van der Waals surface area contributed by atoms with Crippen molar-refractivity contribution < 1.29 is 9.90 Å². The van der Waals surface area contributed by atoms with Crippen molar-refractivity contribution in [2.24, 2.45) is 7.05 Å². The molecule has 0 aliphatic rings. The van der Waals surface area contributed by atoms with Crippen molar-refractivity contribution in [1.29, 1.82) is 0 Å². The van der Waals surface area contributed by atoms with E-state index < -0.39 is 12.1 Å². The van der Waals surface area contributed by atoms with E-state index in [1.54, 1.807) is 38.2 Å². The zero-order chi connectivity index (χ0) is 13.8. The van der Waals surface area contributed by atoms with Crippen LogP contribution in [0, 0.1) is 0 Å². The number of anilines is 2. The summed E-state index contributed by atoms with van der Waals surface area (Å²) in [4.78, 5) is 12.9. The summed E-state index contributed by atoms with van der Waals surface area (Å²) in [5, 5.41) is 25.6. The van der Waals surface area contributed by atoms with Gasteiger partial charge in [-0.15, -0.1) is 5.10 Å². The molecule has 2 amide bonds. The van der Waals surface area contributed by atoms with Crippen LogP contribution in [-0.2, 0) is 7.05 Å².